The molecule has 6 heteroatoms. The molecule has 0 spiro atoms. The zero-order chi connectivity index (χ0) is 22.0. The van der Waals surface area contributed by atoms with Crippen LogP contribution in [0, 0.1) is 17.8 Å². The second-order valence-electron chi connectivity index (χ2n) is 9.53. The number of benzene rings is 1. The lowest BCUT2D eigenvalue weighted by Crippen LogP contribution is -2.47. The molecule has 168 valence electrons. The predicted octanol–water partition coefficient (Wildman–Crippen LogP) is 3.10. The Bertz CT molecular complexity index is 806. The third-order valence-corrected chi connectivity index (χ3v) is 7.38. The Hall–Kier alpha value is -2.37. The van der Waals surface area contributed by atoms with Crippen LogP contribution >= 0.6 is 0 Å². The highest BCUT2D eigenvalue weighted by molar-refractivity contribution is 6.00. The first-order valence-electron chi connectivity index (χ1n) is 11.9. The van der Waals surface area contributed by atoms with Crippen molar-refractivity contribution in [3.05, 3.63) is 29.8 Å². The van der Waals surface area contributed by atoms with Gasteiger partial charge in [-0.25, -0.2) is 0 Å². The quantitative estimate of drug-likeness (QED) is 0.745. The second-order valence-corrected chi connectivity index (χ2v) is 9.53. The van der Waals surface area contributed by atoms with Crippen LogP contribution in [-0.4, -0.2) is 60.2 Å². The van der Waals surface area contributed by atoms with Gasteiger partial charge in [0, 0.05) is 50.7 Å². The molecule has 0 N–H and O–H groups in total. The fourth-order valence-corrected chi connectivity index (χ4v) is 5.13. The van der Waals surface area contributed by atoms with Gasteiger partial charge in [0.2, 0.25) is 17.7 Å². The first-order valence-corrected chi connectivity index (χ1v) is 11.9. The van der Waals surface area contributed by atoms with Crippen LogP contribution in [0.5, 0.6) is 0 Å². The summed E-state index contributed by atoms with van der Waals surface area (Å²) in [6.07, 6.45) is 4.90. The van der Waals surface area contributed by atoms with Crippen LogP contribution in [0.3, 0.4) is 0 Å². The van der Waals surface area contributed by atoms with E-state index in [0.29, 0.717) is 25.6 Å². The number of amides is 3. The first-order chi connectivity index (χ1) is 15.0. The number of hydrogen-bond acceptors (Lipinski definition) is 3. The number of hydrogen-bond donors (Lipinski definition) is 0. The number of anilines is 1. The SMILES string of the molecule is CCc1ccc(N2CC(C(=O)N3CCC(C(=O)N4CCC(C)CC4)CC3)CC2=O)cc1. The maximum atomic E-state index is 13.1. The number of aryl methyl sites for hydroxylation is 1. The van der Waals surface area contributed by atoms with Crippen LogP contribution in [0.2, 0.25) is 0 Å². The molecule has 3 amide bonds. The van der Waals surface area contributed by atoms with Gasteiger partial charge < -0.3 is 14.7 Å². The molecule has 1 unspecified atom stereocenters. The summed E-state index contributed by atoms with van der Waals surface area (Å²) in [7, 11) is 0. The predicted molar refractivity (Wildman–Crippen MR) is 121 cm³/mol. The summed E-state index contributed by atoms with van der Waals surface area (Å²) >= 11 is 0. The number of nitrogens with zero attached hydrogens (tertiary/aromatic N) is 3. The summed E-state index contributed by atoms with van der Waals surface area (Å²) in [4.78, 5) is 44.2. The Morgan fingerprint density at radius 3 is 2.00 bits per heavy atom. The van der Waals surface area contributed by atoms with Crippen molar-refractivity contribution in [1.82, 2.24) is 9.80 Å². The first kappa shape index (κ1) is 21.8. The van der Waals surface area contributed by atoms with E-state index in [-0.39, 0.29) is 36.0 Å². The summed E-state index contributed by atoms with van der Waals surface area (Å²) < 4.78 is 0. The van der Waals surface area contributed by atoms with Crippen molar-refractivity contribution in [2.24, 2.45) is 17.8 Å². The van der Waals surface area contributed by atoms with Gasteiger partial charge in [-0.2, -0.15) is 0 Å². The Labute approximate surface area is 185 Å². The van der Waals surface area contributed by atoms with Gasteiger partial charge in [-0.3, -0.25) is 14.4 Å². The van der Waals surface area contributed by atoms with E-state index in [2.05, 4.69) is 13.8 Å². The second kappa shape index (κ2) is 9.41. The molecule has 3 heterocycles. The Balaban J connectivity index is 1.29. The van der Waals surface area contributed by atoms with Crippen LogP contribution in [0.15, 0.2) is 24.3 Å². The third kappa shape index (κ3) is 4.78. The van der Waals surface area contributed by atoms with Crippen LogP contribution in [0.25, 0.3) is 0 Å². The number of likely N-dealkylation sites (tertiary alicyclic amines) is 2. The van der Waals surface area contributed by atoms with Gasteiger partial charge in [0.05, 0.1) is 5.92 Å². The Morgan fingerprint density at radius 2 is 1.42 bits per heavy atom. The summed E-state index contributed by atoms with van der Waals surface area (Å²) in [5, 5.41) is 0. The van der Waals surface area contributed by atoms with E-state index in [1.165, 1.54) is 5.56 Å². The molecule has 31 heavy (non-hydrogen) atoms. The Kier molecular flexibility index (Phi) is 6.63. The van der Waals surface area contributed by atoms with E-state index in [1.807, 2.05) is 34.1 Å². The minimum atomic E-state index is -0.283. The number of rotatable bonds is 4. The molecule has 0 bridgehead atoms. The van der Waals surface area contributed by atoms with Crippen molar-refractivity contribution in [2.75, 3.05) is 37.6 Å². The van der Waals surface area contributed by atoms with E-state index in [9.17, 15) is 14.4 Å². The van der Waals surface area contributed by atoms with Gasteiger partial charge in [-0.1, -0.05) is 26.0 Å². The van der Waals surface area contributed by atoms with Crippen molar-refractivity contribution >= 4 is 23.4 Å². The number of carbonyl (C=O) groups is 3. The van der Waals surface area contributed by atoms with Gasteiger partial charge in [-0.05, 0) is 55.7 Å². The van der Waals surface area contributed by atoms with Crippen molar-refractivity contribution in [3.8, 4) is 0 Å². The molecular weight excluding hydrogens is 390 g/mol. The van der Waals surface area contributed by atoms with Gasteiger partial charge in [0.15, 0.2) is 0 Å². The highest BCUT2D eigenvalue weighted by Gasteiger charge is 2.39. The van der Waals surface area contributed by atoms with Crippen LogP contribution < -0.4 is 4.90 Å². The molecule has 4 rings (SSSR count). The largest absolute Gasteiger partial charge is 0.342 e. The molecule has 1 atom stereocenters. The van der Waals surface area contributed by atoms with Crippen LogP contribution in [-0.2, 0) is 20.8 Å². The standard InChI is InChI=1S/C25H35N3O3/c1-3-19-4-6-22(7-5-19)28-17-21(16-23(28)29)25(31)27-14-10-20(11-15-27)24(30)26-12-8-18(2)9-13-26/h4-7,18,20-21H,3,8-17H2,1-2H3. The molecule has 3 saturated heterocycles. The summed E-state index contributed by atoms with van der Waals surface area (Å²) in [5.74, 6) is 0.828. The van der Waals surface area contributed by atoms with E-state index >= 15 is 0 Å². The molecule has 6 nitrogen and oxygen atoms in total. The zero-order valence-corrected chi connectivity index (χ0v) is 18.9. The highest BCUT2D eigenvalue weighted by atomic mass is 16.2. The van der Waals surface area contributed by atoms with Gasteiger partial charge in [-0.15, -0.1) is 0 Å². The average Bonchev–Trinajstić information content (AvgIpc) is 3.20. The summed E-state index contributed by atoms with van der Waals surface area (Å²) in [5.41, 5.74) is 2.11. The summed E-state index contributed by atoms with van der Waals surface area (Å²) in [6.45, 7) is 7.80. The van der Waals surface area contributed by atoms with Gasteiger partial charge in [0.25, 0.3) is 0 Å². The summed E-state index contributed by atoms with van der Waals surface area (Å²) in [6, 6.07) is 8.04. The highest BCUT2D eigenvalue weighted by Crippen LogP contribution is 2.29. The lowest BCUT2D eigenvalue weighted by atomic mass is 9.92. The molecule has 0 aromatic heterocycles. The van der Waals surface area contributed by atoms with Crippen LogP contribution in [0.4, 0.5) is 5.69 Å². The molecule has 0 saturated carbocycles. The molecule has 3 aliphatic rings. The van der Waals surface area contributed by atoms with Gasteiger partial charge >= 0.3 is 0 Å². The lowest BCUT2D eigenvalue weighted by Gasteiger charge is -2.37. The monoisotopic (exact) mass is 425 g/mol. The Morgan fingerprint density at radius 1 is 0.871 bits per heavy atom. The van der Waals surface area contributed by atoms with Crippen molar-refractivity contribution < 1.29 is 14.4 Å². The van der Waals surface area contributed by atoms with E-state index < -0.39 is 0 Å². The maximum absolute atomic E-state index is 13.1. The minimum absolute atomic E-state index is 0.0204. The number of carbonyl (C=O) groups excluding carboxylic acids is 3. The zero-order valence-electron chi connectivity index (χ0n) is 18.9. The van der Waals surface area contributed by atoms with Crippen LogP contribution in [0.1, 0.15) is 51.5 Å². The molecule has 1 aromatic carbocycles. The average molecular weight is 426 g/mol. The maximum Gasteiger partial charge on any atom is 0.228 e. The molecular formula is C25H35N3O3. The lowest BCUT2D eigenvalue weighted by molar-refractivity contribution is -0.143. The van der Waals surface area contributed by atoms with Crippen molar-refractivity contribution in [3.63, 3.8) is 0 Å². The fraction of sp³-hybridized carbons (Fsp3) is 0.640. The molecule has 0 radical (unpaired) electrons. The van der Waals surface area contributed by atoms with Gasteiger partial charge in [0.1, 0.15) is 0 Å². The van der Waals surface area contributed by atoms with E-state index in [4.69, 9.17) is 0 Å². The molecule has 3 fully saturated rings. The minimum Gasteiger partial charge on any atom is -0.342 e. The molecule has 1 aromatic rings. The normalized spacial score (nSPS) is 23.5. The topological polar surface area (TPSA) is 60.9 Å². The molecule has 0 aliphatic carbocycles. The van der Waals surface area contributed by atoms with E-state index in [1.54, 1.807) is 4.90 Å². The van der Waals surface area contributed by atoms with Crippen molar-refractivity contribution in [1.29, 1.82) is 0 Å². The van der Waals surface area contributed by atoms with Crippen molar-refractivity contribution in [2.45, 2.75) is 52.4 Å². The molecule has 3 aliphatic heterocycles. The van der Waals surface area contributed by atoms with E-state index in [0.717, 1.165) is 50.9 Å². The number of piperidine rings is 2. The smallest absolute Gasteiger partial charge is 0.228 e. The fourth-order valence-electron chi connectivity index (χ4n) is 5.13. The third-order valence-electron chi connectivity index (χ3n) is 7.38.